The molecule has 3 saturated carbocycles. The predicted octanol–water partition coefficient (Wildman–Crippen LogP) is 6.36. The van der Waals surface area contributed by atoms with Crippen LogP contribution in [0.3, 0.4) is 0 Å². The number of nitrogen functional groups attached to an aromatic ring is 1. The van der Waals surface area contributed by atoms with Crippen molar-refractivity contribution in [2.45, 2.75) is 119 Å². The number of aromatic nitrogens is 4. The van der Waals surface area contributed by atoms with Crippen molar-refractivity contribution >= 4 is 11.9 Å². The van der Waals surface area contributed by atoms with Crippen LogP contribution in [0.2, 0.25) is 0 Å². The van der Waals surface area contributed by atoms with E-state index in [4.69, 9.17) is 15.2 Å². The van der Waals surface area contributed by atoms with Gasteiger partial charge in [-0.05, 0) is 104 Å². The van der Waals surface area contributed by atoms with Crippen LogP contribution in [0.25, 0.3) is 0 Å². The Labute approximate surface area is 288 Å². The highest BCUT2D eigenvalue weighted by Crippen LogP contribution is 2.73. The number of hydrogen-bond acceptors (Lipinski definition) is 8. The highest BCUT2D eigenvalue weighted by molar-refractivity contribution is 5.72. The average Bonchev–Trinajstić information content (AvgIpc) is 3.45. The Morgan fingerprint density at radius 3 is 2.50 bits per heavy atom. The SMILES string of the molecule is CCC[C@@H](CO[C@H]1[C@H](n2nnc(N)n2)C[C@@]23COC[C@]1(C)[C@@H]2CC[C@H]1C3=CC(C)[C@H]2[C@@H](C(=O)O)[C@@](C)([C@H](C)C(C)C)CC[C@@]12C)N(C)C. The Morgan fingerprint density at radius 2 is 1.90 bits per heavy atom. The van der Waals surface area contributed by atoms with Gasteiger partial charge in [-0.3, -0.25) is 4.79 Å². The Balaban J connectivity index is 1.43. The number of carbonyl (C=O) groups is 1. The quantitative estimate of drug-likeness (QED) is 0.274. The fourth-order valence-electron chi connectivity index (χ4n) is 12.5. The molecule has 5 aliphatic rings. The van der Waals surface area contributed by atoms with Crippen molar-refractivity contribution in [2.24, 2.45) is 63.1 Å². The molecule has 0 aromatic carbocycles. The molecule has 48 heavy (non-hydrogen) atoms. The normalized spacial score (nSPS) is 43.6. The predicted molar refractivity (Wildman–Crippen MR) is 187 cm³/mol. The van der Waals surface area contributed by atoms with Crippen LogP contribution in [0.4, 0.5) is 5.95 Å². The van der Waals surface area contributed by atoms with E-state index in [2.05, 4.69) is 95.9 Å². The molecule has 6 rings (SSSR count). The van der Waals surface area contributed by atoms with E-state index < -0.39 is 5.97 Å². The summed E-state index contributed by atoms with van der Waals surface area (Å²) in [7, 11) is 4.27. The molecule has 4 aliphatic carbocycles. The second-order valence-electron chi connectivity index (χ2n) is 18.1. The Bertz CT molecular complexity index is 1380. The molecular weight excluding hydrogens is 604 g/mol. The zero-order valence-corrected chi connectivity index (χ0v) is 31.4. The second-order valence-corrected chi connectivity index (χ2v) is 18.1. The van der Waals surface area contributed by atoms with Crippen LogP contribution >= 0.6 is 0 Å². The molecule has 0 amide bonds. The van der Waals surface area contributed by atoms with E-state index in [1.165, 1.54) is 5.57 Å². The molecule has 4 fully saturated rings. The van der Waals surface area contributed by atoms with Crippen LogP contribution in [0.15, 0.2) is 11.6 Å². The number of hydrogen-bond donors (Lipinski definition) is 2. The van der Waals surface area contributed by atoms with Crippen LogP contribution < -0.4 is 5.73 Å². The standard InChI is InChI=1S/C38H64N6O4/c1-11-12-25(43(9)10)19-48-32-28(44-41-34(39)40-42-44)18-38-21-47-20-37(32,8)29(38)14-13-26-27(38)17-23(4)30-31(33(45)46)35(6,24(5)22(2)3)15-16-36(26,30)7/h17,22-26,28-32H,11-16,18-21H2,1-10H3,(H2,39,41)(H,45,46)/t23?,24-,25+,26+,28-,29+,30+,31+,32+,35-,36+,37-,38+/m1/s1. The number of aliphatic carboxylic acids is 1. The van der Waals surface area contributed by atoms with Crippen LogP contribution in [0.5, 0.6) is 0 Å². The lowest BCUT2D eigenvalue weighted by atomic mass is 9.37. The van der Waals surface area contributed by atoms with Crippen molar-refractivity contribution in [2.75, 3.05) is 39.6 Å². The van der Waals surface area contributed by atoms with Gasteiger partial charge in [0, 0.05) is 16.9 Å². The van der Waals surface area contributed by atoms with E-state index in [0.29, 0.717) is 49.5 Å². The molecule has 0 spiro atoms. The third kappa shape index (κ3) is 5.28. The fraction of sp³-hybridized carbons (Fsp3) is 0.895. The zero-order chi connectivity index (χ0) is 35.0. The van der Waals surface area contributed by atoms with Gasteiger partial charge in [0.1, 0.15) is 6.04 Å². The maximum atomic E-state index is 13.4. The van der Waals surface area contributed by atoms with Crippen LogP contribution in [0, 0.1) is 63.1 Å². The molecule has 270 valence electrons. The second kappa shape index (κ2) is 12.6. The van der Waals surface area contributed by atoms with E-state index in [9.17, 15) is 9.90 Å². The maximum Gasteiger partial charge on any atom is 0.307 e. The molecule has 1 aliphatic heterocycles. The lowest BCUT2D eigenvalue weighted by molar-refractivity contribution is -0.250. The molecule has 2 heterocycles. The summed E-state index contributed by atoms with van der Waals surface area (Å²) in [6, 6.07) is 0.175. The first-order valence-electron chi connectivity index (χ1n) is 18.9. The van der Waals surface area contributed by atoms with Gasteiger partial charge in [-0.2, -0.15) is 4.80 Å². The number of carboxylic acid groups (broad SMARTS) is 1. The molecule has 1 saturated heterocycles. The number of tetrazole rings is 1. The topological polar surface area (TPSA) is 129 Å². The summed E-state index contributed by atoms with van der Waals surface area (Å²) in [5.41, 5.74) is 6.78. The molecule has 13 atom stereocenters. The molecule has 1 aromatic heterocycles. The summed E-state index contributed by atoms with van der Waals surface area (Å²) in [4.78, 5) is 17.4. The smallest absolute Gasteiger partial charge is 0.307 e. The number of ether oxygens (including phenoxy) is 2. The summed E-state index contributed by atoms with van der Waals surface area (Å²) in [6.07, 6.45) is 9.51. The molecule has 10 heteroatoms. The molecule has 3 N–H and O–H groups in total. The highest BCUT2D eigenvalue weighted by Gasteiger charge is 2.70. The largest absolute Gasteiger partial charge is 0.481 e. The minimum absolute atomic E-state index is 0.0846. The maximum absolute atomic E-state index is 13.4. The van der Waals surface area contributed by atoms with Gasteiger partial charge in [0.25, 0.3) is 5.95 Å². The van der Waals surface area contributed by atoms with E-state index in [1.807, 2.05) is 0 Å². The summed E-state index contributed by atoms with van der Waals surface area (Å²) < 4.78 is 13.8. The van der Waals surface area contributed by atoms with E-state index >= 15 is 0 Å². The number of allylic oxidation sites excluding steroid dienone is 1. The number of nitrogens with two attached hydrogens (primary N) is 1. The van der Waals surface area contributed by atoms with Gasteiger partial charge in [-0.25, -0.2) is 0 Å². The van der Waals surface area contributed by atoms with Gasteiger partial charge >= 0.3 is 5.97 Å². The van der Waals surface area contributed by atoms with Crippen LogP contribution in [-0.2, 0) is 14.3 Å². The van der Waals surface area contributed by atoms with Crippen molar-refractivity contribution in [3.8, 4) is 0 Å². The third-order valence-corrected chi connectivity index (χ3v) is 15.2. The zero-order valence-electron chi connectivity index (χ0n) is 31.4. The summed E-state index contributed by atoms with van der Waals surface area (Å²) in [6.45, 7) is 20.4. The summed E-state index contributed by atoms with van der Waals surface area (Å²) >= 11 is 0. The minimum Gasteiger partial charge on any atom is -0.481 e. The molecule has 1 aromatic rings. The van der Waals surface area contributed by atoms with Crippen molar-refractivity contribution in [1.29, 1.82) is 0 Å². The number of anilines is 1. The number of nitrogens with zero attached hydrogens (tertiary/aromatic N) is 5. The Morgan fingerprint density at radius 1 is 1.17 bits per heavy atom. The number of carboxylic acids is 1. The van der Waals surface area contributed by atoms with Gasteiger partial charge < -0.3 is 25.2 Å². The van der Waals surface area contributed by atoms with Gasteiger partial charge in [-0.1, -0.05) is 78.6 Å². The first-order chi connectivity index (χ1) is 22.5. The van der Waals surface area contributed by atoms with Gasteiger partial charge in [0.15, 0.2) is 0 Å². The van der Waals surface area contributed by atoms with E-state index in [-0.39, 0.29) is 57.5 Å². The molecule has 1 unspecified atom stereocenters. The fourth-order valence-corrected chi connectivity index (χ4v) is 12.5. The first kappa shape index (κ1) is 35.8. The average molecular weight is 669 g/mol. The van der Waals surface area contributed by atoms with Crippen molar-refractivity contribution in [3.63, 3.8) is 0 Å². The first-order valence-corrected chi connectivity index (χ1v) is 18.9. The van der Waals surface area contributed by atoms with Gasteiger partial charge in [-0.15, -0.1) is 5.10 Å². The minimum atomic E-state index is -0.614. The monoisotopic (exact) mass is 668 g/mol. The van der Waals surface area contributed by atoms with E-state index in [0.717, 1.165) is 44.9 Å². The molecule has 0 radical (unpaired) electrons. The van der Waals surface area contributed by atoms with Crippen molar-refractivity contribution < 1.29 is 19.4 Å². The summed E-state index contributed by atoms with van der Waals surface area (Å²) in [5.74, 6) is 0.868. The molecule has 10 nitrogen and oxygen atoms in total. The Hall–Kier alpha value is -2.04. The highest BCUT2D eigenvalue weighted by atomic mass is 16.5. The van der Waals surface area contributed by atoms with Crippen LogP contribution in [-0.4, -0.2) is 82.2 Å². The third-order valence-electron chi connectivity index (χ3n) is 15.2. The van der Waals surface area contributed by atoms with Crippen LogP contribution in [0.1, 0.15) is 106 Å². The van der Waals surface area contributed by atoms with Gasteiger partial charge in [0.2, 0.25) is 0 Å². The van der Waals surface area contributed by atoms with Crippen molar-refractivity contribution in [1.82, 2.24) is 25.1 Å². The molecule has 2 bridgehead atoms. The number of rotatable bonds is 10. The number of likely N-dealkylation sites (N-methyl/N-ethyl adjacent to an activating group) is 1. The Kier molecular flexibility index (Phi) is 9.41. The summed E-state index contributed by atoms with van der Waals surface area (Å²) in [5, 5.41) is 24.2. The molecular formula is C38H64N6O4. The van der Waals surface area contributed by atoms with Gasteiger partial charge in [0.05, 0.1) is 31.8 Å². The van der Waals surface area contributed by atoms with E-state index in [1.54, 1.807) is 4.80 Å². The number of fused-ring (bicyclic) bond motifs is 3. The lowest BCUT2D eigenvalue weighted by Gasteiger charge is -2.69. The lowest BCUT2D eigenvalue weighted by Crippen LogP contribution is -2.68. The van der Waals surface area contributed by atoms with Crippen molar-refractivity contribution in [3.05, 3.63) is 11.6 Å².